The first-order valence-electron chi connectivity index (χ1n) is 5.77. The van der Waals surface area contributed by atoms with E-state index in [4.69, 9.17) is 0 Å². The van der Waals surface area contributed by atoms with Crippen LogP contribution in [-0.2, 0) is 0 Å². The summed E-state index contributed by atoms with van der Waals surface area (Å²) < 4.78 is 0. The van der Waals surface area contributed by atoms with Crippen molar-refractivity contribution >= 4 is 0 Å². The van der Waals surface area contributed by atoms with Crippen molar-refractivity contribution in [3.05, 3.63) is 35.9 Å². The zero-order valence-electron chi connectivity index (χ0n) is 9.45. The van der Waals surface area contributed by atoms with Crippen LogP contribution in [0.4, 0.5) is 0 Å². The van der Waals surface area contributed by atoms with Crippen LogP contribution < -0.4 is 5.32 Å². The fraction of sp³-hybridized carbons (Fsp3) is 0.538. The summed E-state index contributed by atoms with van der Waals surface area (Å²) in [6.07, 6.45) is 3.66. The molecule has 2 heteroatoms. The largest absolute Gasteiger partial charge is 0.394 e. The zero-order chi connectivity index (χ0) is 10.9. The highest BCUT2D eigenvalue weighted by Crippen LogP contribution is 2.11. The summed E-state index contributed by atoms with van der Waals surface area (Å²) in [6.45, 7) is 3.34. The van der Waals surface area contributed by atoms with Gasteiger partial charge in [-0.1, -0.05) is 50.1 Å². The predicted molar refractivity (Wildman–Crippen MR) is 63.8 cm³/mol. The Balaban J connectivity index is 2.36. The summed E-state index contributed by atoms with van der Waals surface area (Å²) in [5, 5.41) is 12.6. The van der Waals surface area contributed by atoms with Crippen LogP contribution in [0.15, 0.2) is 30.3 Å². The monoisotopic (exact) mass is 207 g/mol. The summed E-state index contributed by atoms with van der Waals surface area (Å²) in [5.41, 5.74) is 1.16. The third-order valence-corrected chi connectivity index (χ3v) is 2.56. The Morgan fingerprint density at radius 2 is 1.93 bits per heavy atom. The average Bonchev–Trinajstić information content (AvgIpc) is 2.30. The molecule has 1 unspecified atom stereocenters. The van der Waals surface area contributed by atoms with Crippen LogP contribution in [0.25, 0.3) is 0 Å². The second-order valence-electron chi connectivity index (χ2n) is 3.81. The highest BCUT2D eigenvalue weighted by Gasteiger charge is 2.07. The molecule has 0 aliphatic carbocycles. The molecule has 84 valence electrons. The van der Waals surface area contributed by atoms with Gasteiger partial charge in [0.15, 0.2) is 0 Å². The van der Waals surface area contributed by atoms with Crippen molar-refractivity contribution in [3.63, 3.8) is 0 Å². The first kappa shape index (κ1) is 12.2. The van der Waals surface area contributed by atoms with E-state index in [1.165, 1.54) is 19.3 Å². The lowest BCUT2D eigenvalue weighted by Crippen LogP contribution is -2.25. The highest BCUT2D eigenvalue weighted by atomic mass is 16.3. The molecule has 0 aliphatic rings. The highest BCUT2D eigenvalue weighted by molar-refractivity contribution is 5.18. The maximum absolute atomic E-state index is 9.27. The lowest BCUT2D eigenvalue weighted by atomic mass is 10.1. The number of aliphatic hydroxyl groups is 1. The van der Waals surface area contributed by atoms with E-state index in [1.54, 1.807) is 0 Å². The van der Waals surface area contributed by atoms with E-state index in [1.807, 2.05) is 30.3 Å². The van der Waals surface area contributed by atoms with Gasteiger partial charge in [-0.2, -0.15) is 0 Å². The average molecular weight is 207 g/mol. The van der Waals surface area contributed by atoms with E-state index in [9.17, 15) is 5.11 Å². The second-order valence-corrected chi connectivity index (χ2v) is 3.81. The van der Waals surface area contributed by atoms with E-state index in [0.717, 1.165) is 12.1 Å². The molecule has 0 amide bonds. The Morgan fingerprint density at radius 3 is 2.53 bits per heavy atom. The Labute approximate surface area is 92.3 Å². The van der Waals surface area contributed by atoms with E-state index in [0.29, 0.717) is 0 Å². The molecular formula is C13H21NO. The second kappa shape index (κ2) is 7.43. The van der Waals surface area contributed by atoms with Gasteiger partial charge in [-0.05, 0) is 18.5 Å². The number of nitrogens with one attached hydrogen (secondary N) is 1. The van der Waals surface area contributed by atoms with E-state index < -0.39 is 0 Å². The van der Waals surface area contributed by atoms with Crippen molar-refractivity contribution < 1.29 is 5.11 Å². The fourth-order valence-electron chi connectivity index (χ4n) is 1.62. The van der Waals surface area contributed by atoms with Crippen molar-refractivity contribution in [2.24, 2.45) is 0 Å². The molecule has 1 atom stereocenters. The summed E-state index contributed by atoms with van der Waals surface area (Å²) in [4.78, 5) is 0. The molecule has 1 aromatic carbocycles. The molecule has 0 bridgehead atoms. The van der Waals surface area contributed by atoms with Gasteiger partial charge in [0.05, 0.1) is 12.6 Å². The van der Waals surface area contributed by atoms with Crippen LogP contribution in [0.2, 0.25) is 0 Å². The van der Waals surface area contributed by atoms with E-state index in [-0.39, 0.29) is 12.6 Å². The van der Waals surface area contributed by atoms with Crippen LogP contribution in [-0.4, -0.2) is 18.3 Å². The Bertz CT molecular complexity index is 248. The number of benzene rings is 1. The van der Waals surface area contributed by atoms with E-state index in [2.05, 4.69) is 12.2 Å². The van der Waals surface area contributed by atoms with Crippen LogP contribution in [0.1, 0.15) is 37.8 Å². The Morgan fingerprint density at radius 1 is 1.20 bits per heavy atom. The van der Waals surface area contributed by atoms with Gasteiger partial charge in [0.25, 0.3) is 0 Å². The van der Waals surface area contributed by atoms with E-state index >= 15 is 0 Å². The third-order valence-electron chi connectivity index (χ3n) is 2.56. The molecule has 15 heavy (non-hydrogen) atoms. The topological polar surface area (TPSA) is 32.3 Å². The quantitative estimate of drug-likeness (QED) is 0.673. The minimum Gasteiger partial charge on any atom is -0.394 e. The lowest BCUT2D eigenvalue weighted by Gasteiger charge is -2.16. The smallest absolute Gasteiger partial charge is 0.0626 e. The minimum atomic E-state index is 0.0862. The SMILES string of the molecule is CCCCCNC(CO)c1ccccc1. The van der Waals surface area contributed by atoms with Gasteiger partial charge < -0.3 is 10.4 Å². The van der Waals surface area contributed by atoms with Crippen LogP contribution in [0.5, 0.6) is 0 Å². The normalized spacial score (nSPS) is 12.7. The maximum Gasteiger partial charge on any atom is 0.0626 e. The third kappa shape index (κ3) is 4.45. The minimum absolute atomic E-state index is 0.0862. The number of unbranched alkanes of at least 4 members (excludes halogenated alkanes) is 2. The number of hydrogen-bond acceptors (Lipinski definition) is 2. The fourth-order valence-corrected chi connectivity index (χ4v) is 1.62. The van der Waals surface area contributed by atoms with Crippen molar-refractivity contribution in [3.8, 4) is 0 Å². The molecule has 0 aliphatic heterocycles. The van der Waals surface area contributed by atoms with Crippen LogP contribution in [0, 0.1) is 0 Å². The molecule has 0 aromatic heterocycles. The van der Waals surface area contributed by atoms with Crippen LogP contribution in [0.3, 0.4) is 0 Å². The maximum atomic E-state index is 9.27. The van der Waals surface area contributed by atoms with Crippen molar-refractivity contribution in [2.45, 2.75) is 32.2 Å². The van der Waals surface area contributed by atoms with Crippen molar-refractivity contribution in [1.29, 1.82) is 0 Å². The van der Waals surface area contributed by atoms with Gasteiger partial charge in [-0.15, -0.1) is 0 Å². The molecular weight excluding hydrogens is 186 g/mol. The number of rotatable bonds is 7. The molecule has 0 radical (unpaired) electrons. The number of aliphatic hydroxyl groups excluding tert-OH is 1. The molecule has 1 aromatic rings. The lowest BCUT2D eigenvalue weighted by molar-refractivity contribution is 0.244. The standard InChI is InChI=1S/C13H21NO/c1-2-3-7-10-14-13(11-15)12-8-5-4-6-9-12/h4-6,8-9,13-15H,2-3,7,10-11H2,1H3. The van der Waals surface area contributed by atoms with Crippen molar-refractivity contribution in [1.82, 2.24) is 5.32 Å². The molecule has 2 N–H and O–H groups in total. The molecule has 0 heterocycles. The number of hydrogen-bond donors (Lipinski definition) is 2. The summed E-state index contributed by atoms with van der Waals surface area (Å²) >= 11 is 0. The van der Waals surface area contributed by atoms with Gasteiger partial charge in [0, 0.05) is 0 Å². The summed E-state index contributed by atoms with van der Waals surface area (Å²) in [5.74, 6) is 0. The molecule has 0 saturated carbocycles. The summed E-state index contributed by atoms with van der Waals surface area (Å²) in [6, 6.07) is 10.2. The summed E-state index contributed by atoms with van der Waals surface area (Å²) in [7, 11) is 0. The zero-order valence-corrected chi connectivity index (χ0v) is 9.45. The first-order chi connectivity index (χ1) is 7.38. The van der Waals surface area contributed by atoms with Crippen molar-refractivity contribution in [2.75, 3.05) is 13.2 Å². The Kier molecular flexibility index (Phi) is 6.05. The molecule has 0 fully saturated rings. The molecule has 0 saturated heterocycles. The Hall–Kier alpha value is -0.860. The van der Waals surface area contributed by atoms with Gasteiger partial charge in [-0.3, -0.25) is 0 Å². The van der Waals surface area contributed by atoms with Gasteiger partial charge >= 0.3 is 0 Å². The van der Waals surface area contributed by atoms with Gasteiger partial charge in [-0.25, -0.2) is 0 Å². The predicted octanol–water partition coefficient (Wildman–Crippen LogP) is 2.50. The molecule has 1 rings (SSSR count). The first-order valence-corrected chi connectivity index (χ1v) is 5.77. The molecule has 2 nitrogen and oxygen atoms in total. The van der Waals surface area contributed by atoms with Gasteiger partial charge in [0.2, 0.25) is 0 Å². The van der Waals surface area contributed by atoms with Crippen LogP contribution >= 0.6 is 0 Å². The molecule has 0 spiro atoms. The van der Waals surface area contributed by atoms with Gasteiger partial charge in [0.1, 0.15) is 0 Å².